The lowest BCUT2D eigenvalue weighted by atomic mass is 9.97. The van der Waals surface area contributed by atoms with Crippen molar-refractivity contribution in [3.8, 4) is 0 Å². The van der Waals surface area contributed by atoms with Gasteiger partial charge in [0.05, 0.1) is 24.7 Å². The highest BCUT2D eigenvalue weighted by atomic mass is 32.1. The molecule has 1 saturated heterocycles. The van der Waals surface area contributed by atoms with Crippen LogP contribution < -0.4 is 4.90 Å². The van der Waals surface area contributed by atoms with Gasteiger partial charge < -0.3 is 9.64 Å². The summed E-state index contributed by atoms with van der Waals surface area (Å²) in [5, 5.41) is 5.44. The van der Waals surface area contributed by atoms with Crippen LogP contribution in [0.3, 0.4) is 0 Å². The maximum atomic E-state index is 6.12. The van der Waals surface area contributed by atoms with Gasteiger partial charge in [0.15, 0.2) is 0 Å². The van der Waals surface area contributed by atoms with E-state index >= 15 is 0 Å². The first-order valence-electron chi connectivity index (χ1n) is 8.20. The van der Waals surface area contributed by atoms with Gasteiger partial charge in [0.2, 0.25) is 0 Å². The van der Waals surface area contributed by atoms with Gasteiger partial charge in [-0.3, -0.25) is 4.68 Å². The van der Waals surface area contributed by atoms with Crippen LogP contribution in [-0.2, 0) is 23.8 Å². The molecule has 126 valence electrons. The normalized spacial score (nSPS) is 21.5. The van der Waals surface area contributed by atoms with Crippen LogP contribution in [0.4, 0.5) is 5.82 Å². The summed E-state index contributed by atoms with van der Waals surface area (Å²) in [6.45, 7) is 6.55. The molecule has 3 aromatic heterocycles. The third-order valence-electron chi connectivity index (χ3n) is 4.60. The fourth-order valence-corrected chi connectivity index (χ4v) is 4.17. The second kappa shape index (κ2) is 5.82. The van der Waals surface area contributed by atoms with E-state index in [9.17, 15) is 0 Å². The summed E-state index contributed by atoms with van der Waals surface area (Å²) in [6, 6.07) is 2.23. The standard InChI is InChI=1S/C17H21N5OS/c1-4-13-7-14-15(18-11-19-16(14)24-13)22-5-6-23-17(2,10-22)12-8-20-21(3)9-12/h7-9,11H,4-6,10H2,1-3H3. The molecule has 0 saturated carbocycles. The number of anilines is 1. The quantitative estimate of drug-likeness (QED) is 0.732. The molecule has 1 fully saturated rings. The first-order valence-corrected chi connectivity index (χ1v) is 9.02. The van der Waals surface area contributed by atoms with Crippen LogP contribution in [0.5, 0.6) is 0 Å². The lowest BCUT2D eigenvalue weighted by molar-refractivity contribution is -0.0467. The van der Waals surface area contributed by atoms with Gasteiger partial charge in [0.1, 0.15) is 22.6 Å². The minimum absolute atomic E-state index is 0.382. The van der Waals surface area contributed by atoms with Crippen molar-refractivity contribution in [1.82, 2.24) is 19.7 Å². The number of nitrogens with zero attached hydrogens (tertiary/aromatic N) is 5. The average Bonchev–Trinajstić information content (AvgIpc) is 3.20. The first kappa shape index (κ1) is 15.5. The van der Waals surface area contributed by atoms with E-state index in [0.717, 1.165) is 41.1 Å². The van der Waals surface area contributed by atoms with Gasteiger partial charge in [0.25, 0.3) is 0 Å². The van der Waals surface area contributed by atoms with Crippen LogP contribution in [0, 0.1) is 0 Å². The summed E-state index contributed by atoms with van der Waals surface area (Å²) in [6.07, 6.45) is 6.61. The Morgan fingerprint density at radius 2 is 2.25 bits per heavy atom. The van der Waals surface area contributed by atoms with Crippen LogP contribution in [0.1, 0.15) is 24.3 Å². The van der Waals surface area contributed by atoms with Gasteiger partial charge in [-0.2, -0.15) is 5.10 Å². The van der Waals surface area contributed by atoms with E-state index < -0.39 is 0 Å². The number of fused-ring (bicyclic) bond motifs is 1. The van der Waals surface area contributed by atoms with E-state index in [1.165, 1.54) is 4.88 Å². The molecule has 6 nitrogen and oxygen atoms in total. The number of aromatic nitrogens is 4. The molecule has 0 spiro atoms. The average molecular weight is 343 g/mol. The molecule has 24 heavy (non-hydrogen) atoms. The number of morpholine rings is 1. The fraction of sp³-hybridized carbons (Fsp3) is 0.471. The molecular formula is C17H21N5OS. The predicted octanol–water partition coefficient (Wildman–Crippen LogP) is 2.74. The number of ether oxygens (including phenoxy) is 1. The molecular weight excluding hydrogens is 322 g/mol. The van der Waals surface area contributed by atoms with Crippen molar-refractivity contribution in [3.63, 3.8) is 0 Å². The van der Waals surface area contributed by atoms with Crippen LogP contribution >= 0.6 is 11.3 Å². The van der Waals surface area contributed by atoms with Crippen molar-refractivity contribution in [1.29, 1.82) is 0 Å². The van der Waals surface area contributed by atoms with Crippen molar-refractivity contribution >= 4 is 27.4 Å². The van der Waals surface area contributed by atoms with Crippen molar-refractivity contribution in [2.45, 2.75) is 25.9 Å². The number of rotatable bonds is 3. The molecule has 3 aromatic rings. The van der Waals surface area contributed by atoms with Gasteiger partial charge in [-0.25, -0.2) is 9.97 Å². The zero-order valence-corrected chi connectivity index (χ0v) is 15.0. The molecule has 0 radical (unpaired) electrons. The number of hydrogen-bond donors (Lipinski definition) is 0. The lowest BCUT2D eigenvalue weighted by Gasteiger charge is -2.40. The third-order valence-corrected chi connectivity index (χ3v) is 5.78. The molecule has 0 aromatic carbocycles. The van der Waals surface area contributed by atoms with Crippen LogP contribution in [0.25, 0.3) is 10.2 Å². The largest absolute Gasteiger partial charge is 0.367 e. The molecule has 4 rings (SSSR count). The minimum Gasteiger partial charge on any atom is -0.367 e. The molecule has 0 amide bonds. The van der Waals surface area contributed by atoms with Crippen molar-refractivity contribution in [3.05, 3.63) is 35.2 Å². The highest BCUT2D eigenvalue weighted by molar-refractivity contribution is 7.18. The highest BCUT2D eigenvalue weighted by Crippen LogP contribution is 2.35. The Kier molecular flexibility index (Phi) is 3.77. The second-order valence-electron chi connectivity index (χ2n) is 6.39. The molecule has 7 heteroatoms. The summed E-state index contributed by atoms with van der Waals surface area (Å²) in [7, 11) is 1.93. The van der Waals surface area contributed by atoms with E-state index in [2.05, 4.69) is 39.9 Å². The van der Waals surface area contributed by atoms with Crippen LogP contribution in [-0.4, -0.2) is 39.4 Å². The molecule has 0 N–H and O–H groups in total. The summed E-state index contributed by atoms with van der Waals surface area (Å²) >= 11 is 1.75. The van der Waals surface area contributed by atoms with Crippen molar-refractivity contribution < 1.29 is 4.74 Å². The molecule has 1 aliphatic heterocycles. The number of hydrogen-bond acceptors (Lipinski definition) is 6. The molecule has 1 unspecified atom stereocenters. The Balaban J connectivity index is 1.70. The fourth-order valence-electron chi connectivity index (χ4n) is 3.24. The summed E-state index contributed by atoms with van der Waals surface area (Å²) in [5.41, 5.74) is 0.715. The number of aryl methyl sites for hydroxylation is 2. The van der Waals surface area contributed by atoms with E-state index in [4.69, 9.17) is 4.74 Å². The molecule has 0 bridgehead atoms. The van der Waals surface area contributed by atoms with E-state index in [1.807, 2.05) is 24.1 Å². The van der Waals surface area contributed by atoms with Crippen LogP contribution in [0.15, 0.2) is 24.8 Å². The van der Waals surface area contributed by atoms with Gasteiger partial charge in [0, 0.05) is 30.2 Å². The van der Waals surface area contributed by atoms with E-state index in [-0.39, 0.29) is 5.60 Å². The lowest BCUT2D eigenvalue weighted by Crippen LogP contribution is -2.48. The monoisotopic (exact) mass is 343 g/mol. The van der Waals surface area contributed by atoms with Gasteiger partial charge in [-0.05, 0) is 19.4 Å². The predicted molar refractivity (Wildman–Crippen MR) is 95.5 cm³/mol. The highest BCUT2D eigenvalue weighted by Gasteiger charge is 2.36. The molecule has 4 heterocycles. The maximum Gasteiger partial charge on any atom is 0.140 e. The summed E-state index contributed by atoms with van der Waals surface area (Å²) in [4.78, 5) is 13.7. The molecule has 0 aliphatic carbocycles. The third kappa shape index (κ3) is 2.57. The smallest absolute Gasteiger partial charge is 0.140 e. The Morgan fingerprint density at radius 1 is 1.38 bits per heavy atom. The SMILES string of the molecule is CCc1cc2c(N3CCOC(C)(c4cnn(C)c4)C3)ncnc2s1. The second-order valence-corrected chi connectivity index (χ2v) is 7.50. The molecule has 1 atom stereocenters. The Hall–Kier alpha value is -1.99. The zero-order valence-electron chi connectivity index (χ0n) is 14.2. The van der Waals surface area contributed by atoms with Gasteiger partial charge >= 0.3 is 0 Å². The topological polar surface area (TPSA) is 56.1 Å². The first-order chi connectivity index (χ1) is 11.6. The Labute approximate surface area is 145 Å². The minimum atomic E-state index is -0.382. The summed E-state index contributed by atoms with van der Waals surface area (Å²) in [5.74, 6) is 1.01. The Morgan fingerprint density at radius 3 is 3.00 bits per heavy atom. The van der Waals surface area contributed by atoms with Gasteiger partial charge in [-0.1, -0.05) is 6.92 Å². The maximum absolute atomic E-state index is 6.12. The van der Waals surface area contributed by atoms with E-state index in [1.54, 1.807) is 17.7 Å². The van der Waals surface area contributed by atoms with Crippen molar-refractivity contribution in [2.24, 2.45) is 7.05 Å². The number of thiophene rings is 1. The van der Waals surface area contributed by atoms with E-state index in [0.29, 0.717) is 6.61 Å². The Bertz CT molecular complexity index is 873. The van der Waals surface area contributed by atoms with Crippen molar-refractivity contribution in [2.75, 3.05) is 24.6 Å². The zero-order chi connectivity index (χ0) is 16.7. The van der Waals surface area contributed by atoms with Crippen LogP contribution in [0.2, 0.25) is 0 Å². The van der Waals surface area contributed by atoms with Gasteiger partial charge in [-0.15, -0.1) is 11.3 Å². The molecule has 1 aliphatic rings. The summed E-state index contributed by atoms with van der Waals surface area (Å²) < 4.78 is 7.94.